The quantitative estimate of drug-likeness (QED) is 0.567. The number of thiazole rings is 1. The van der Waals surface area contributed by atoms with E-state index in [-0.39, 0.29) is 12.0 Å². The Hall–Kier alpha value is -1.95. The molecule has 0 bridgehead atoms. The lowest BCUT2D eigenvalue weighted by molar-refractivity contribution is -0.118. The van der Waals surface area contributed by atoms with Crippen molar-refractivity contribution in [3.63, 3.8) is 0 Å². The molecule has 4 rings (SSSR count). The van der Waals surface area contributed by atoms with Gasteiger partial charge in [-0.25, -0.2) is 4.98 Å². The first-order chi connectivity index (χ1) is 13.5. The molecule has 0 aliphatic carbocycles. The first kappa shape index (κ1) is 19.4. The summed E-state index contributed by atoms with van der Waals surface area (Å²) < 4.78 is 6.73. The maximum Gasteiger partial charge on any atom is 0.233 e. The highest BCUT2D eigenvalue weighted by molar-refractivity contribution is 7.23. The molecule has 4 nitrogen and oxygen atoms in total. The highest BCUT2D eigenvalue weighted by atomic mass is 35.5. The number of aryl methyl sites for hydroxylation is 2. The van der Waals surface area contributed by atoms with Crippen LogP contribution in [0.4, 0.5) is 5.13 Å². The molecule has 0 radical (unpaired) electrons. The highest BCUT2D eigenvalue weighted by Crippen LogP contribution is 2.36. The Balaban J connectivity index is 1.66. The highest BCUT2D eigenvalue weighted by Gasteiger charge is 2.26. The van der Waals surface area contributed by atoms with Crippen LogP contribution in [0.2, 0.25) is 5.02 Å². The van der Waals surface area contributed by atoms with Crippen LogP contribution in [0.5, 0.6) is 0 Å². The van der Waals surface area contributed by atoms with E-state index < -0.39 is 0 Å². The van der Waals surface area contributed by atoms with Crippen molar-refractivity contribution in [1.29, 1.82) is 0 Å². The van der Waals surface area contributed by atoms with Gasteiger partial charge in [0.1, 0.15) is 0 Å². The fraction of sp³-hybridized carbons (Fsp3) is 0.364. The normalized spacial score (nSPS) is 16.6. The number of amides is 1. The van der Waals surface area contributed by atoms with Crippen LogP contribution in [-0.4, -0.2) is 30.1 Å². The minimum absolute atomic E-state index is 0.0344. The van der Waals surface area contributed by atoms with Gasteiger partial charge in [0.25, 0.3) is 0 Å². The van der Waals surface area contributed by atoms with Crippen LogP contribution in [0.15, 0.2) is 36.4 Å². The number of hydrogen-bond acceptors (Lipinski definition) is 4. The van der Waals surface area contributed by atoms with Crippen LogP contribution in [0, 0.1) is 13.8 Å². The molecule has 1 unspecified atom stereocenters. The molecule has 0 saturated carbocycles. The molecule has 1 atom stereocenters. The van der Waals surface area contributed by atoms with E-state index in [1.165, 1.54) is 16.9 Å². The Morgan fingerprint density at radius 3 is 2.71 bits per heavy atom. The van der Waals surface area contributed by atoms with Gasteiger partial charge in [0.05, 0.1) is 34.3 Å². The zero-order valence-electron chi connectivity index (χ0n) is 16.1. The lowest BCUT2D eigenvalue weighted by Crippen LogP contribution is -2.38. The van der Waals surface area contributed by atoms with E-state index in [1.807, 2.05) is 50.2 Å². The molecule has 1 aliphatic heterocycles. The fourth-order valence-electron chi connectivity index (χ4n) is 3.46. The number of rotatable bonds is 5. The van der Waals surface area contributed by atoms with Crippen LogP contribution in [0.3, 0.4) is 0 Å². The lowest BCUT2D eigenvalue weighted by atomic mass is 10.1. The van der Waals surface area contributed by atoms with Gasteiger partial charge in [-0.05, 0) is 43.9 Å². The van der Waals surface area contributed by atoms with Gasteiger partial charge in [0.15, 0.2) is 5.13 Å². The molecule has 1 saturated heterocycles. The van der Waals surface area contributed by atoms with E-state index >= 15 is 0 Å². The topological polar surface area (TPSA) is 42.4 Å². The third-order valence-corrected chi connectivity index (χ3v) is 6.64. The molecule has 2 heterocycles. The van der Waals surface area contributed by atoms with E-state index in [9.17, 15) is 4.79 Å². The summed E-state index contributed by atoms with van der Waals surface area (Å²) in [4.78, 5) is 19.8. The molecule has 0 N–H and O–H groups in total. The summed E-state index contributed by atoms with van der Waals surface area (Å²) in [7, 11) is 0. The minimum atomic E-state index is 0.0344. The first-order valence-corrected chi connectivity index (χ1v) is 10.7. The molecule has 0 spiro atoms. The summed E-state index contributed by atoms with van der Waals surface area (Å²) in [6.07, 6.45) is 2.41. The van der Waals surface area contributed by atoms with Crippen molar-refractivity contribution in [2.75, 3.05) is 18.1 Å². The maximum absolute atomic E-state index is 13.2. The molecule has 146 valence electrons. The third kappa shape index (κ3) is 4.07. The average molecular weight is 415 g/mol. The van der Waals surface area contributed by atoms with Crippen molar-refractivity contribution in [2.45, 2.75) is 39.2 Å². The summed E-state index contributed by atoms with van der Waals surface area (Å²) in [6, 6.07) is 11.9. The molecular formula is C22H23ClN2O2S. The van der Waals surface area contributed by atoms with E-state index in [0.717, 1.165) is 40.8 Å². The number of fused-ring (bicyclic) bond motifs is 1. The van der Waals surface area contributed by atoms with E-state index in [1.54, 1.807) is 4.90 Å². The summed E-state index contributed by atoms with van der Waals surface area (Å²) in [6.45, 7) is 5.35. The second-order valence-corrected chi connectivity index (χ2v) is 8.72. The summed E-state index contributed by atoms with van der Waals surface area (Å²) in [5.41, 5.74) is 4.12. The van der Waals surface area contributed by atoms with Gasteiger partial charge in [0.2, 0.25) is 5.91 Å². The number of benzene rings is 2. The van der Waals surface area contributed by atoms with Gasteiger partial charge in [0, 0.05) is 6.61 Å². The number of ether oxygens (including phenoxy) is 1. The molecule has 28 heavy (non-hydrogen) atoms. The van der Waals surface area contributed by atoms with Gasteiger partial charge in [-0.15, -0.1) is 0 Å². The number of hydrogen-bond donors (Lipinski definition) is 0. The van der Waals surface area contributed by atoms with Crippen molar-refractivity contribution < 1.29 is 9.53 Å². The Kier molecular flexibility index (Phi) is 5.67. The molecule has 1 aromatic heterocycles. The van der Waals surface area contributed by atoms with E-state index in [0.29, 0.717) is 23.1 Å². The van der Waals surface area contributed by atoms with Gasteiger partial charge in [-0.2, -0.15) is 0 Å². The number of anilines is 1. The van der Waals surface area contributed by atoms with Crippen molar-refractivity contribution in [1.82, 2.24) is 4.98 Å². The molecule has 3 aromatic rings. The molecule has 1 fully saturated rings. The molecule has 1 aliphatic rings. The van der Waals surface area contributed by atoms with Crippen molar-refractivity contribution >= 4 is 44.2 Å². The van der Waals surface area contributed by atoms with Gasteiger partial charge >= 0.3 is 0 Å². The summed E-state index contributed by atoms with van der Waals surface area (Å²) in [5.74, 6) is 0.0344. The number of halogens is 1. The Bertz CT molecular complexity index is 955. The second kappa shape index (κ2) is 8.19. The zero-order valence-corrected chi connectivity index (χ0v) is 17.6. The van der Waals surface area contributed by atoms with Crippen LogP contribution >= 0.6 is 22.9 Å². The number of carbonyl (C=O) groups is 1. The Morgan fingerprint density at radius 1 is 1.25 bits per heavy atom. The minimum Gasteiger partial charge on any atom is -0.376 e. The van der Waals surface area contributed by atoms with Crippen molar-refractivity contribution in [3.8, 4) is 0 Å². The first-order valence-electron chi connectivity index (χ1n) is 9.54. The average Bonchev–Trinajstić information content (AvgIpc) is 3.35. The lowest BCUT2D eigenvalue weighted by Gasteiger charge is -2.23. The summed E-state index contributed by atoms with van der Waals surface area (Å²) >= 11 is 7.86. The van der Waals surface area contributed by atoms with Gasteiger partial charge in [-0.3, -0.25) is 9.69 Å². The standard InChI is InChI=1S/C22H23ClN2O2S/c1-14-5-8-16(9-6-14)12-19(26)25(13-17-4-3-11-27-17)22-24-20-15(2)7-10-18(23)21(20)28-22/h5-10,17H,3-4,11-13H2,1-2H3. The second-order valence-electron chi connectivity index (χ2n) is 7.34. The molecular weight excluding hydrogens is 392 g/mol. The van der Waals surface area contributed by atoms with Crippen molar-refractivity contribution in [2.24, 2.45) is 0 Å². The number of carbonyl (C=O) groups excluding carboxylic acids is 1. The van der Waals surface area contributed by atoms with Gasteiger partial charge < -0.3 is 4.74 Å². The van der Waals surface area contributed by atoms with E-state index in [2.05, 4.69) is 0 Å². The molecule has 6 heteroatoms. The predicted octanol–water partition coefficient (Wildman–Crippen LogP) is 5.32. The Morgan fingerprint density at radius 2 is 2.04 bits per heavy atom. The molecule has 1 amide bonds. The largest absolute Gasteiger partial charge is 0.376 e. The number of nitrogens with zero attached hydrogens (tertiary/aromatic N) is 2. The smallest absolute Gasteiger partial charge is 0.233 e. The predicted molar refractivity (Wildman–Crippen MR) is 116 cm³/mol. The Labute approximate surface area is 174 Å². The SMILES string of the molecule is Cc1ccc(CC(=O)N(CC2CCCO2)c2nc3c(C)ccc(Cl)c3s2)cc1. The van der Waals surface area contributed by atoms with Crippen LogP contribution < -0.4 is 4.90 Å². The fourth-order valence-corrected chi connectivity index (χ4v) is 4.80. The maximum atomic E-state index is 13.2. The van der Waals surface area contributed by atoms with Crippen LogP contribution in [0.1, 0.15) is 29.5 Å². The monoisotopic (exact) mass is 414 g/mol. The third-order valence-electron chi connectivity index (χ3n) is 5.10. The van der Waals surface area contributed by atoms with Crippen LogP contribution in [0.25, 0.3) is 10.2 Å². The van der Waals surface area contributed by atoms with Crippen molar-refractivity contribution in [3.05, 3.63) is 58.1 Å². The van der Waals surface area contributed by atoms with Gasteiger partial charge in [-0.1, -0.05) is 58.8 Å². The van der Waals surface area contributed by atoms with E-state index in [4.69, 9.17) is 21.3 Å². The number of aromatic nitrogens is 1. The summed E-state index contributed by atoms with van der Waals surface area (Å²) in [5, 5.41) is 1.37. The molecule has 2 aromatic carbocycles. The zero-order chi connectivity index (χ0) is 19.7. The van der Waals surface area contributed by atoms with Crippen LogP contribution in [-0.2, 0) is 16.0 Å².